The molecule has 6 nitrogen and oxygen atoms in total. The van der Waals surface area contributed by atoms with E-state index in [4.69, 9.17) is 9.26 Å². The van der Waals surface area contributed by atoms with E-state index < -0.39 is 23.5 Å². The molecule has 4 atom stereocenters. The number of nitrogens with zero attached hydrogens (tertiary/aromatic N) is 2. The van der Waals surface area contributed by atoms with Crippen LogP contribution >= 0.6 is 0 Å². The fourth-order valence-electron chi connectivity index (χ4n) is 6.95. The Morgan fingerprint density at radius 1 is 1.15 bits per heavy atom. The zero-order valence-electron chi connectivity index (χ0n) is 20.9. The number of rotatable bonds is 7. The number of carboxylic acids is 1. The molecule has 10 heteroatoms. The van der Waals surface area contributed by atoms with Crippen LogP contribution in [0.5, 0.6) is 0 Å². The van der Waals surface area contributed by atoms with Crippen molar-refractivity contribution in [3.05, 3.63) is 70.7 Å². The third kappa shape index (κ3) is 3.86. The Bertz CT molecular complexity index is 1470. The Morgan fingerprint density at radius 2 is 1.95 bits per heavy atom. The summed E-state index contributed by atoms with van der Waals surface area (Å²) in [5.41, 5.74) is 0.177. The summed E-state index contributed by atoms with van der Waals surface area (Å²) >= 11 is 0. The lowest BCUT2D eigenvalue weighted by atomic mass is 9.64. The third-order valence-electron chi connectivity index (χ3n) is 9.08. The molecule has 1 aromatic heterocycles. The number of ether oxygens (including phenoxy) is 1. The molecule has 3 aliphatic carbocycles. The van der Waals surface area contributed by atoms with Crippen LogP contribution in [0, 0.1) is 11.7 Å². The van der Waals surface area contributed by atoms with Crippen molar-refractivity contribution < 1.29 is 36.7 Å². The number of halogens is 4. The number of hydrogen-bond acceptors (Lipinski definition) is 5. The van der Waals surface area contributed by atoms with Crippen LogP contribution in [0.2, 0.25) is 0 Å². The highest BCUT2D eigenvalue weighted by atomic mass is 19.4. The molecule has 4 aliphatic rings. The molecule has 3 saturated carbocycles. The van der Waals surface area contributed by atoms with Crippen LogP contribution in [0.1, 0.15) is 71.7 Å². The molecule has 204 valence electrons. The quantitative estimate of drug-likeness (QED) is 0.262. The molecule has 0 bridgehead atoms. The highest BCUT2D eigenvalue weighted by molar-refractivity contribution is 5.88. The van der Waals surface area contributed by atoms with E-state index in [1.807, 2.05) is 0 Å². The van der Waals surface area contributed by atoms with Gasteiger partial charge in [-0.15, -0.1) is 0 Å². The van der Waals surface area contributed by atoms with Crippen molar-refractivity contribution in [2.45, 2.75) is 74.9 Å². The van der Waals surface area contributed by atoms with Crippen LogP contribution in [0.3, 0.4) is 0 Å². The van der Waals surface area contributed by atoms with E-state index >= 15 is 0 Å². The molecule has 1 saturated heterocycles. The first-order valence-corrected chi connectivity index (χ1v) is 13.3. The summed E-state index contributed by atoms with van der Waals surface area (Å²) in [5, 5.41) is 13.3. The molecule has 1 aliphatic heterocycles. The number of aromatic nitrogens is 1. The van der Waals surface area contributed by atoms with Crippen molar-refractivity contribution in [1.29, 1.82) is 0 Å². The zero-order chi connectivity index (χ0) is 27.1. The normalized spacial score (nSPS) is 27.5. The molecule has 7 rings (SSSR count). The Hall–Kier alpha value is -3.40. The number of benzene rings is 2. The van der Waals surface area contributed by atoms with E-state index in [0.29, 0.717) is 29.3 Å². The van der Waals surface area contributed by atoms with Crippen LogP contribution in [0.4, 0.5) is 23.2 Å². The Kier molecular flexibility index (Phi) is 5.40. The van der Waals surface area contributed by atoms with Crippen molar-refractivity contribution in [1.82, 2.24) is 5.16 Å². The van der Waals surface area contributed by atoms with Crippen LogP contribution in [-0.4, -0.2) is 33.9 Å². The van der Waals surface area contributed by atoms with Gasteiger partial charge in [0.25, 0.3) is 0 Å². The minimum atomic E-state index is -4.53. The van der Waals surface area contributed by atoms with Gasteiger partial charge in [-0.25, -0.2) is 9.18 Å². The number of anilines is 1. The maximum atomic E-state index is 14.9. The van der Waals surface area contributed by atoms with Gasteiger partial charge in [0.05, 0.1) is 41.1 Å². The van der Waals surface area contributed by atoms with Gasteiger partial charge in [0.2, 0.25) is 0 Å². The van der Waals surface area contributed by atoms with Gasteiger partial charge >= 0.3 is 12.1 Å². The molecular formula is C29H26F4N2O4. The van der Waals surface area contributed by atoms with Crippen molar-refractivity contribution in [3.63, 3.8) is 0 Å². The molecular weight excluding hydrogens is 516 g/mol. The summed E-state index contributed by atoms with van der Waals surface area (Å²) in [6.45, 7) is 0.0929. The minimum Gasteiger partial charge on any atom is -0.478 e. The first-order valence-electron chi connectivity index (χ1n) is 13.3. The minimum absolute atomic E-state index is 0.0189. The first-order chi connectivity index (χ1) is 18.7. The van der Waals surface area contributed by atoms with Crippen LogP contribution in [0.15, 0.2) is 47.0 Å². The molecule has 2 aromatic carbocycles. The second kappa shape index (κ2) is 8.55. The van der Waals surface area contributed by atoms with Crippen molar-refractivity contribution in [2.75, 3.05) is 4.90 Å². The smallest absolute Gasteiger partial charge is 0.417 e. The second-order valence-corrected chi connectivity index (χ2v) is 11.2. The lowest BCUT2D eigenvalue weighted by Gasteiger charge is -2.42. The summed E-state index contributed by atoms with van der Waals surface area (Å²) in [4.78, 5) is 13.3. The molecule has 3 aromatic rings. The molecule has 4 fully saturated rings. The average Bonchev–Trinajstić information content (AvgIpc) is 3.80. The van der Waals surface area contributed by atoms with Gasteiger partial charge in [-0.1, -0.05) is 23.4 Å². The predicted molar refractivity (Wildman–Crippen MR) is 132 cm³/mol. The van der Waals surface area contributed by atoms with E-state index in [1.54, 1.807) is 12.1 Å². The third-order valence-corrected chi connectivity index (χ3v) is 9.08. The van der Waals surface area contributed by atoms with Crippen LogP contribution < -0.4 is 4.90 Å². The topological polar surface area (TPSA) is 75.6 Å². The number of carboxylic acid groups (broad SMARTS) is 1. The fraction of sp³-hybridized carbons (Fsp3) is 0.448. The second-order valence-electron chi connectivity index (χ2n) is 11.2. The lowest BCUT2D eigenvalue weighted by Crippen LogP contribution is -2.46. The Labute approximate surface area is 221 Å². The Morgan fingerprint density at radius 3 is 2.62 bits per heavy atom. The van der Waals surface area contributed by atoms with E-state index in [2.05, 4.69) is 10.1 Å². The predicted octanol–water partition coefficient (Wildman–Crippen LogP) is 6.79. The van der Waals surface area contributed by atoms with Crippen LogP contribution in [-0.2, 0) is 17.5 Å². The first kappa shape index (κ1) is 24.6. The molecule has 3 unspecified atom stereocenters. The lowest BCUT2D eigenvalue weighted by molar-refractivity contribution is -0.137. The van der Waals surface area contributed by atoms with Gasteiger partial charge in [0, 0.05) is 17.0 Å². The Balaban J connectivity index is 1.12. The number of hydrogen-bond donors (Lipinski definition) is 1. The van der Waals surface area contributed by atoms with E-state index in [0.717, 1.165) is 44.2 Å². The van der Waals surface area contributed by atoms with Crippen molar-refractivity contribution in [3.8, 4) is 11.3 Å². The van der Waals surface area contributed by atoms with Gasteiger partial charge in [-0.2, -0.15) is 13.2 Å². The maximum absolute atomic E-state index is 14.9. The largest absolute Gasteiger partial charge is 0.478 e. The van der Waals surface area contributed by atoms with E-state index in [9.17, 15) is 27.5 Å². The van der Waals surface area contributed by atoms with E-state index in [1.165, 1.54) is 18.2 Å². The summed E-state index contributed by atoms with van der Waals surface area (Å²) in [6.07, 6.45) is 0.511. The zero-order valence-corrected chi connectivity index (χ0v) is 20.9. The number of alkyl halides is 3. The van der Waals surface area contributed by atoms with Crippen molar-refractivity contribution in [2.24, 2.45) is 5.92 Å². The highest BCUT2D eigenvalue weighted by Crippen LogP contribution is 2.66. The molecule has 0 radical (unpaired) electrons. The number of carbonyl (C=O) groups is 1. The van der Waals surface area contributed by atoms with Gasteiger partial charge in [-0.05, 0) is 68.7 Å². The average molecular weight is 543 g/mol. The number of aromatic carboxylic acids is 1. The molecule has 1 spiro atoms. The maximum Gasteiger partial charge on any atom is 0.417 e. The molecule has 2 heterocycles. The summed E-state index contributed by atoms with van der Waals surface area (Å²) < 4.78 is 68.2. The standard InChI is InChI=1S/C29H26F4N2O4/c30-22-11-16(27(36)37)7-8-23(22)35-24-13-18(12-17-9-10-28(17,24)35)38-14-20-25(34-39-26(20)15-5-6-15)19-3-1-2-4-21(19)29(31,32)33/h1-4,7-8,11,15,17-18,24H,5-6,9-10,12-14H2,(H,36,37)/t17-,18?,24?,28?,35?/m0/s1. The summed E-state index contributed by atoms with van der Waals surface area (Å²) in [7, 11) is 0. The SMILES string of the molecule is O=C(O)c1ccc(N2C3CC(OCc4c(-c5ccccc5C(F)(F)F)noc4C4CC4)C[C@@H]4CCC342)c(F)c1. The van der Waals surface area contributed by atoms with Gasteiger partial charge in [0.1, 0.15) is 17.3 Å². The molecule has 1 N–H and O–H groups in total. The van der Waals surface area contributed by atoms with Crippen molar-refractivity contribution >= 4 is 11.7 Å². The van der Waals surface area contributed by atoms with Crippen LogP contribution in [0.25, 0.3) is 11.3 Å². The van der Waals surface area contributed by atoms with E-state index in [-0.39, 0.29) is 47.0 Å². The molecule has 0 amide bonds. The molecule has 39 heavy (non-hydrogen) atoms. The van der Waals surface area contributed by atoms with Gasteiger partial charge in [-0.3, -0.25) is 0 Å². The highest BCUT2D eigenvalue weighted by Gasteiger charge is 2.73. The monoisotopic (exact) mass is 542 g/mol. The van der Waals surface area contributed by atoms with Gasteiger partial charge in [0.15, 0.2) is 0 Å². The summed E-state index contributed by atoms with van der Waals surface area (Å²) in [6, 6.07) is 9.49. The summed E-state index contributed by atoms with van der Waals surface area (Å²) in [5.74, 6) is -0.661. The fourth-order valence-corrected chi connectivity index (χ4v) is 6.95. The van der Waals surface area contributed by atoms with Gasteiger partial charge < -0.3 is 19.3 Å².